The average molecular weight is 380 g/mol. The Morgan fingerprint density at radius 3 is 1.96 bits per heavy atom. The summed E-state index contributed by atoms with van der Waals surface area (Å²) in [5.74, 6) is 1.47. The summed E-state index contributed by atoms with van der Waals surface area (Å²) in [6.07, 6.45) is 2.06. The lowest BCUT2D eigenvalue weighted by molar-refractivity contribution is -0.120. The number of halogens is 2. The van der Waals surface area contributed by atoms with Crippen LogP contribution in [0.4, 0.5) is 11.4 Å². The minimum atomic E-state index is 0.0771. The monoisotopic (exact) mass is 379 g/mol. The Balaban J connectivity index is 1.87. The van der Waals surface area contributed by atoms with Crippen LogP contribution in [0.3, 0.4) is 0 Å². The van der Waals surface area contributed by atoms with Gasteiger partial charge < -0.3 is 14.8 Å². The van der Waals surface area contributed by atoms with Gasteiger partial charge in [0, 0.05) is 17.8 Å². The summed E-state index contributed by atoms with van der Waals surface area (Å²) in [4.78, 5) is 11.3. The van der Waals surface area contributed by atoms with E-state index in [1.165, 1.54) is 0 Å². The highest BCUT2D eigenvalue weighted by Crippen LogP contribution is 2.22. The van der Waals surface area contributed by atoms with E-state index in [2.05, 4.69) is 5.32 Å². The van der Waals surface area contributed by atoms with Crippen LogP contribution in [-0.2, 0) is 4.79 Å². The van der Waals surface area contributed by atoms with E-state index < -0.39 is 0 Å². The van der Waals surface area contributed by atoms with Crippen LogP contribution >= 0.6 is 23.2 Å². The summed E-state index contributed by atoms with van der Waals surface area (Å²) in [7, 11) is 0. The number of carbonyl (C=O) groups is 1. The van der Waals surface area contributed by atoms with Crippen LogP contribution in [0.5, 0.6) is 11.5 Å². The largest absolute Gasteiger partial charge is 0.489 e. The second-order valence-corrected chi connectivity index (χ2v) is 6.17. The zero-order valence-electron chi connectivity index (χ0n) is 13.8. The Bertz CT molecular complexity index is 708. The summed E-state index contributed by atoms with van der Waals surface area (Å²) in [5, 5.41) is 3.28. The SMILES string of the molecule is CCC(=O)COc1ccc(Nc2ccc(OCC=C(Cl)Cl)cc2)cc1. The summed E-state index contributed by atoms with van der Waals surface area (Å²) < 4.78 is 11.1. The number of benzene rings is 2. The Morgan fingerprint density at radius 2 is 1.48 bits per heavy atom. The summed E-state index contributed by atoms with van der Waals surface area (Å²) in [5.41, 5.74) is 1.84. The molecule has 2 aromatic carbocycles. The second kappa shape index (κ2) is 9.97. The lowest BCUT2D eigenvalue weighted by atomic mass is 10.2. The van der Waals surface area contributed by atoms with Gasteiger partial charge in [0.2, 0.25) is 0 Å². The molecule has 0 unspecified atom stereocenters. The molecule has 0 bridgehead atoms. The molecule has 0 heterocycles. The maximum absolute atomic E-state index is 11.3. The standard InChI is InChI=1S/C19H19Cl2NO3/c1-2-16(23)13-25-18-9-5-15(6-10-18)22-14-3-7-17(8-4-14)24-12-11-19(20)21/h3-11,22H,2,12-13H2,1H3. The molecule has 6 heteroatoms. The molecule has 4 nitrogen and oxygen atoms in total. The molecule has 0 fully saturated rings. The smallest absolute Gasteiger partial charge is 0.169 e. The van der Waals surface area contributed by atoms with Gasteiger partial charge in [-0.25, -0.2) is 0 Å². The lowest BCUT2D eigenvalue weighted by Crippen LogP contribution is -2.09. The fraction of sp³-hybridized carbons (Fsp3) is 0.211. The normalized spacial score (nSPS) is 10.0. The zero-order valence-corrected chi connectivity index (χ0v) is 15.3. The van der Waals surface area contributed by atoms with Crippen molar-refractivity contribution < 1.29 is 14.3 Å². The quantitative estimate of drug-likeness (QED) is 0.625. The first-order valence-electron chi connectivity index (χ1n) is 7.82. The third-order valence-electron chi connectivity index (χ3n) is 3.28. The molecule has 2 rings (SSSR count). The first-order chi connectivity index (χ1) is 12.1. The average Bonchev–Trinajstić information content (AvgIpc) is 2.62. The first-order valence-corrected chi connectivity index (χ1v) is 8.58. The van der Waals surface area contributed by atoms with Gasteiger partial charge in [-0.05, 0) is 54.6 Å². The van der Waals surface area contributed by atoms with Gasteiger partial charge in [0.25, 0.3) is 0 Å². The van der Waals surface area contributed by atoms with E-state index >= 15 is 0 Å². The predicted molar refractivity (Wildman–Crippen MR) is 102 cm³/mol. The fourth-order valence-electron chi connectivity index (χ4n) is 1.90. The van der Waals surface area contributed by atoms with Crippen molar-refractivity contribution in [3.05, 3.63) is 59.1 Å². The van der Waals surface area contributed by atoms with Crippen LogP contribution in [0.2, 0.25) is 0 Å². The van der Waals surface area contributed by atoms with Gasteiger partial charge in [0.15, 0.2) is 5.78 Å². The van der Waals surface area contributed by atoms with Gasteiger partial charge >= 0.3 is 0 Å². The minimum Gasteiger partial charge on any atom is -0.489 e. The Labute approximate surface area is 157 Å². The van der Waals surface area contributed by atoms with E-state index in [1.54, 1.807) is 6.08 Å². The highest BCUT2D eigenvalue weighted by molar-refractivity contribution is 6.55. The molecule has 2 aromatic rings. The van der Waals surface area contributed by atoms with Gasteiger partial charge in [0.05, 0.1) is 0 Å². The topological polar surface area (TPSA) is 47.6 Å². The molecule has 0 aliphatic carbocycles. The van der Waals surface area contributed by atoms with Gasteiger partial charge in [0.1, 0.15) is 29.2 Å². The van der Waals surface area contributed by atoms with Crippen LogP contribution in [-0.4, -0.2) is 19.0 Å². The lowest BCUT2D eigenvalue weighted by Gasteiger charge is -2.09. The molecule has 0 saturated heterocycles. The van der Waals surface area contributed by atoms with E-state index in [0.717, 1.165) is 17.1 Å². The third-order valence-corrected chi connectivity index (χ3v) is 3.59. The van der Waals surface area contributed by atoms with Crippen molar-refractivity contribution in [1.82, 2.24) is 0 Å². The van der Waals surface area contributed by atoms with Crippen LogP contribution in [0, 0.1) is 0 Å². The molecular formula is C19H19Cl2NO3. The maximum atomic E-state index is 11.3. The molecule has 25 heavy (non-hydrogen) atoms. The molecule has 0 spiro atoms. The van der Waals surface area contributed by atoms with Crippen molar-refractivity contribution in [2.24, 2.45) is 0 Å². The molecular weight excluding hydrogens is 361 g/mol. The van der Waals surface area contributed by atoms with Gasteiger partial charge in [-0.2, -0.15) is 0 Å². The highest BCUT2D eigenvalue weighted by atomic mass is 35.5. The van der Waals surface area contributed by atoms with E-state index in [9.17, 15) is 4.79 Å². The van der Waals surface area contributed by atoms with Crippen molar-refractivity contribution in [2.75, 3.05) is 18.5 Å². The number of hydrogen-bond donors (Lipinski definition) is 1. The molecule has 0 radical (unpaired) electrons. The Morgan fingerprint density at radius 1 is 0.960 bits per heavy atom. The molecule has 0 atom stereocenters. The molecule has 0 aliphatic heterocycles. The van der Waals surface area contributed by atoms with Crippen molar-refractivity contribution in [1.29, 1.82) is 0 Å². The molecule has 0 aliphatic rings. The number of anilines is 2. The number of rotatable bonds is 9. The molecule has 1 N–H and O–H groups in total. The molecule has 132 valence electrons. The number of hydrogen-bond acceptors (Lipinski definition) is 4. The van der Waals surface area contributed by atoms with Crippen molar-refractivity contribution in [3.63, 3.8) is 0 Å². The van der Waals surface area contributed by atoms with E-state index in [0.29, 0.717) is 18.8 Å². The first kappa shape index (κ1) is 19.2. The third kappa shape index (κ3) is 7.08. The minimum absolute atomic E-state index is 0.0771. The number of ketones is 1. The van der Waals surface area contributed by atoms with Gasteiger partial charge in [-0.1, -0.05) is 30.1 Å². The number of carbonyl (C=O) groups excluding carboxylic acids is 1. The van der Waals surface area contributed by atoms with Crippen molar-refractivity contribution in [2.45, 2.75) is 13.3 Å². The van der Waals surface area contributed by atoms with Gasteiger partial charge in [-0.3, -0.25) is 4.79 Å². The maximum Gasteiger partial charge on any atom is 0.169 e. The number of Topliss-reactive ketones (excluding diaryl/α,β-unsaturated/α-hetero) is 1. The summed E-state index contributed by atoms with van der Waals surface area (Å²) in [6.45, 7) is 2.24. The molecule has 0 saturated carbocycles. The Kier molecular flexibility index (Phi) is 7.64. The van der Waals surface area contributed by atoms with E-state index in [4.69, 9.17) is 32.7 Å². The fourth-order valence-corrected chi connectivity index (χ4v) is 2.03. The van der Waals surface area contributed by atoms with Crippen LogP contribution < -0.4 is 14.8 Å². The van der Waals surface area contributed by atoms with Crippen molar-refractivity contribution >= 4 is 40.4 Å². The van der Waals surface area contributed by atoms with E-state index in [1.807, 2.05) is 55.5 Å². The number of nitrogens with one attached hydrogen (secondary N) is 1. The second-order valence-electron chi connectivity index (χ2n) is 5.16. The molecule has 0 aromatic heterocycles. The van der Waals surface area contributed by atoms with Crippen molar-refractivity contribution in [3.8, 4) is 11.5 Å². The van der Waals surface area contributed by atoms with Gasteiger partial charge in [-0.15, -0.1) is 0 Å². The summed E-state index contributed by atoms with van der Waals surface area (Å²) >= 11 is 11.0. The number of ether oxygens (including phenoxy) is 2. The van der Waals surface area contributed by atoms with E-state index in [-0.39, 0.29) is 16.9 Å². The van der Waals surface area contributed by atoms with Crippen LogP contribution in [0.15, 0.2) is 59.1 Å². The molecule has 0 amide bonds. The highest BCUT2D eigenvalue weighted by Gasteiger charge is 2.01. The summed E-state index contributed by atoms with van der Waals surface area (Å²) in [6, 6.07) is 15.0. The Hall–Kier alpha value is -2.17. The van der Waals surface area contributed by atoms with Crippen LogP contribution in [0.25, 0.3) is 0 Å². The zero-order chi connectivity index (χ0) is 18.1. The predicted octanol–water partition coefficient (Wildman–Crippen LogP) is 5.49. The van der Waals surface area contributed by atoms with Crippen LogP contribution in [0.1, 0.15) is 13.3 Å².